The summed E-state index contributed by atoms with van der Waals surface area (Å²) in [4.78, 5) is 12.4. The van der Waals surface area contributed by atoms with Gasteiger partial charge in [0.05, 0.1) is 11.0 Å². The van der Waals surface area contributed by atoms with Gasteiger partial charge in [0.15, 0.2) is 0 Å². The Hall–Kier alpha value is -1.69. The van der Waals surface area contributed by atoms with Gasteiger partial charge >= 0.3 is 0 Å². The number of benzene rings is 1. The molecule has 5 nitrogen and oxygen atoms in total. The molecule has 6 heteroatoms. The van der Waals surface area contributed by atoms with Gasteiger partial charge in [0.1, 0.15) is 11.5 Å². The van der Waals surface area contributed by atoms with E-state index in [0.717, 1.165) is 38.5 Å². The fourth-order valence-electron chi connectivity index (χ4n) is 2.58. The second kappa shape index (κ2) is 5.97. The van der Waals surface area contributed by atoms with E-state index in [1.54, 1.807) is 0 Å². The normalized spacial score (nSPS) is 16.6. The van der Waals surface area contributed by atoms with Crippen LogP contribution in [-0.2, 0) is 0 Å². The maximum absolute atomic E-state index is 13.1. The Morgan fingerprint density at radius 1 is 1.47 bits per heavy atom. The number of anilines is 1. The van der Waals surface area contributed by atoms with E-state index in [-0.39, 0.29) is 5.69 Å². The number of piperidine rings is 1. The van der Waals surface area contributed by atoms with Crippen LogP contribution >= 0.6 is 0 Å². The van der Waals surface area contributed by atoms with Crippen LogP contribution in [0, 0.1) is 21.8 Å². The third kappa shape index (κ3) is 3.20. The second-order valence-corrected chi connectivity index (χ2v) is 4.88. The first-order valence-electron chi connectivity index (χ1n) is 6.45. The molecule has 0 unspecified atom stereocenters. The average Bonchev–Trinajstić information content (AvgIpc) is 2.40. The van der Waals surface area contributed by atoms with Crippen LogP contribution in [0.3, 0.4) is 0 Å². The van der Waals surface area contributed by atoms with Crippen molar-refractivity contribution in [2.75, 3.05) is 31.6 Å². The molecule has 104 valence electrons. The van der Waals surface area contributed by atoms with Gasteiger partial charge in [0, 0.05) is 13.1 Å². The van der Waals surface area contributed by atoms with Gasteiger partial charge in [-0.25, -0.2) is 4.39 Å². The van der Waals surface area contributed by atoms with Crippen LogP contribution in [0.2, 0.25) is 0 Å². The maximum atomic E-state index is 13.1. The number of rotatable bonds is 4. The fraction of sp³-hybridized carbons (Fsp3) is 0.538. The van der Waals surface area contributed by atoms with Gasteiger partial charge < -0.3 is 10.2 Å². The summed E-state index contributed by atoms with van der Waals surface area (Å²) in [5.74, 6) is 0.0428. The topological polar surface area (TPSA) is 58.4 Å². The van der Waals surface area contributed by atoms with Crippen molar-refractivity contribution in [3.8, 4) is 0 Å². The number of nitrogens with zero attached hydrogens (tertiary/aromatic N) is 2. The molecule has 19 heavy (non-hydrogen) atoms. The van der Waals surface area contributed by atoms with E-state index in [0.29, 0.717) is 11.6 Å². The third-order valence-corrected chi connectivity index (χ3v) is 3.58. The summed E-state index contributed by atoms with van der Waals surface area (Å²) in [5.41, 5.74) is 0.376. The lowest BCUT2D eigenvalue weighted by atomic mass is 9.96. The lowest BCUT2D eigenvalue weighted by molar-refractivity contribution is -0.384. The lowest BCUT2D eigenvalue weighted by Crippen LogP contribution is -2.37. The highest BCUT2D eigenvalue weighted by atomic mass is 19.1. The molecule has 0 bridgehead atoms. The van der Waals surface area contributed by atoms with Crippen LogP contribution in [-0.4, -0.2) is 31.6 Å². The first kappa shape index (κ1) is 13.7. The Labute approximate surface area is 111 Å². The number of nitrogens with one attached hydrogen (secondary N) is 1. The standard InChI is InChI=1S/C13H18FN3O2/c1-15-9-10-4-6-16(7-5-10)12-3-2-11(14)8-13(12)17(18)19/h2-3,8,10,15H,4-7,9H2,1H3. The van der Waals surface area contributed by atoms with E-state index in [9.17, 15) is 14.5 Å². The maximum Gasteiger partial charge on any atom is 0.295 e. The van der Waals surface area contributed by atoms with Crippen molar-refractivity contribution in [2.45, 2.75) is 12.8 Å². The highest BCUT2D eigenvalue weighted by molar-refractivity contribution is 5.63. The van der Waals surface area contributed by atoms with Gasteiger partial charge in [-0.2, -0.15) is 0 Å². The van der Waals surface area contributed by atoms with Gasteiger partial charge in [0.25, 0.3) is 5.69 Å². The van der Waals surface area contributed by atoms with E-state index >= 15 is 0 Å². The van der Waals surface area contributed by atoms with Crippen LogP contribution in [0.25, 0.3) is 0 Å². The molecular formula is C13H18FN3O2. The summed E-state index contributed by atoms with van der Waals surface area (Å²) in [7, 11) is 1.93. The molecular weight excluding hydrogens is 249 g/mol. The van der Waals surface area contributed by atoms with E-state index in [1.165, 1.54) is 12.1 Å². The number of hydrogen-bond acceptors (Lipinski definition) is 4. The molecule has 1 saturated heterocycles. The van der Waals surface area contributed by atoms with Crippen molar-refractivity contribution in [3.05, 3.63) is 34.1 Å². The number of halogens is 1. The number of nitro benzene ring substituents is 1. The van der Waals surface area contributed by atoms with Crippen molar-refractivity contribution in [1.82, 2.24) is 5.32 Å². The van der Waals surface area contributed by atoms with Gasteiger partial charge in [-0.1, -0.05) is 0 Å². The molecule has 1 aliphatic heterocycles. The van der Waals surface area contributed by atoms with Crippen LogP contribution in [0.5, 0.6) is 0 Å². The van der Waals surface area contributed by atoms with Crippen molar-refractivity contribution < 1.29 is 9.31 Å². The molecule has 1 aromatic carbocycles. The minimum absolute atomic E-state index is 0.146. The van der Waals surface area contributed by atoms with Crippen molar-refractivity contribution in [3.63, 3.8) is 0 Å². The van der Waals surface area contributed by atoms with Crippen LogP contribution in [0.1, 0.15) is 12.8 Å². The molecule has 1 aromatic rings. The summed E-state index contributed by atoms with van der Waals surface area (Å²) < 4.78 is 13.1. The van der Waals surface area contributed by atoms with Gasteiger partial charge in [-0.05, 0) is 44.5 Å². The minimum Gasteiger partial charge on any atom is -0.366 e. The smallest absolute Gasteiger partial charge is 0.295 e. The lowest BCUT2D eigenvalue weighted by Gasteiger charge is -2.33. The average molecular weight is 267 g/mol. The van der Waals surface area contributed by atoms with E-state index in [2.05, 4.69) is 5.32 Å². The molecule has 1 aliphatic rings. The number of hydrogen-bond donors (Lipinski definition) is 1. The highest BCUT2D eigenvalue weighted by Gasteiger charge is 2.24. The predicted molar refractivity (Wildman–Crippen MR) is 71.9 cm³/mol. The molecule has 0 radical (unpaired) electrons. The van der Waals surface area contributed by atoms with Gasteiger partial charge in [0.2, 0.25) is 0 Å². The molecule has 2 rings (SSSR count). The predicted octanol–water partition coefficient (Wildman–Crippen LogP) is 2.17. The summed E-state index contributed by atoms with van der Waals surface area (Å²) in [6, 6.07) is 3.78. The second-order valence-electron chi connectivity index (χ2n) is 4.88. The van der Waals surface area contributed by atoms with Crippen molar-refractivity contribution in [1.29, 1.82) is 0 Å². The molecule has 0 amide bonds. The molecule has 0 saturated carbocycles. The Balaban J connectivity index is 2.13. The summed E-state index contributed by atoms with van der Waals surface area (Å²) in [5, 5.41) is 14.1. The van der Waals surface area contributed by atoms with E-state index < -0.39 is 10.7 Å². The zero-order valence-corrected chi connectivity index (χ0v) is 10.9. The summed E-state index contributed by atoms with van der Waals surface area (Å²) >= 11 is 0. The first-order valence-corrected chi connectivity index (χ1v) is 6.45. The Morgan fingerprint density at radius 2 is 2.16 bits per heavy atom. The Bertz CT molecular complexity index is 459. The molecule has 1 N–H and O–H groups in total. The molecule has 1 heterocycles. The number of nitro groups is 1. The zero-order valence-electron chi connectivity index (χ0n) is 10.9. The van der Waals surface area contributed by atoms with E-state index in [1.807, 2.05) is 11.9 Å². The SMILES string of the molecule is CNCC1CCN(c2ccc(F)cc2[N+](=O)[O-])CC1. The van der Waals surface area contributed by atoms with Crippen LogP contribution < -0.4 is 10.2 Å². The van der Waals surface area contributed by atoms with Crippen LogP contribution in [0.4, 0.5) is 15.8 Å². The monoisotopic (exact) mass is 267 g/mol. The first-order chi connectivity index (χ1) is 9.11. The zero-order chi connectivity index (χ0) is 13.8. The molecule has 1 fully saturated rings. The Morgan fingerprint density at radius 3 is 2.74 bits per heavy atom. The highest BCUT2D eigenvalue weighted by Crippen LogP contribution is 2.31. The van der Waals surface area contributed by atoms with Gasteiger partial charge in [-0.15, -0.1) is 0 Å². The quantitative estimate of drug-likeness (QED) is 0.671. The Kier molecular flexibility index (Phi) is 4.31. The van der Waals surface area contributed by atoms with Crippen LogP contribution in [0.15, 0.2) is 18.2 Å². The fourth-order valence-corrected chi connectivity index (χ4v) is 2.58. The summed E-state index contributed by atoms with van der Waals surface area (Å²) in [6.07, 6.45) is 1.99. The third-order valence-electron chi connectivity index (χ3n) is 3.58. The molecule has 0 atom stereocenters. The summed E-state index contributed by atoms with van der Waals surface area (Å²) in [6.45, 7) is 2.52. The molecule has 0 aliphatic carbocycles. The molecule has 0 aromatic heterocycles. The largest absolute Gasteiger partial charge is 0.366 e. The van der Waals surface area contributed by atoms with Gasteiger partial charge in [-0.3, -0.25) is 10.1 Å². The van der Waals surface area contributed by atoms with Crippen molar-refractivity contribution in [2.24, 2.45) is 5.92 Å². The molecule has 0 spiro atoms. The van der Waals surface area contributed by atoms with E-state index in [4.69, 9.17) is 0 Å². The van der Waals surface area contributed by atoms with Crippen molar-refractivity contribution >= 4 is 11.4 Å². The minimum atomic E-state index is -0.569.